The first kappa shape index (κ1) is 11.4. The molecule has 0 spiro atoms. The van der Waals surface area contributed by atoms with E-state index in [1.54, 1.807) is 0 Å². The van der Waals surface area contributed by atoms with E-state index in [2.05, 4.69) is 4.74 Å². The van der Waals surface area contributed by atoms with Gasteiger partial charge in [0.15, 0.2) is 0 Å². The molecule has 0 aliphatic heterocycles. The van der Waals surface area contributed by atoms with E-state index in [0.717, 1.165) is 12.8 Å². The summed E-state index contributed by atoms with van der Waals surface area (Å²) in [6.45, 7) is 5.92. The first-order chi connectivity index (χ1) is 5.45. The van der Waals surface area contributed by atoms with Crippen LogP contribution in [0.15, 0.2) is 0 Å². The summed E-state index contributed by atoms with van der Waals surface area (Å²) < 4.78 is 4.55. The van der Waals surface area contributed by atoms with Gasteiger partial charge in [-0.25, -0.2) is 0 Å². The summed E-state index contributed by atoms with van der Waals surface area (Å²) in [7, 11) is 0. The van der Waals surface area contributed by atoms with E-state index >= 15 is 0 Å². The van der Waals surface area contributed by atoms with E-state index in [0.29, 0.717) is 6.47 Å². The molecule has 1 N–H and O–H groups in total. The lowest BCUT2D eigenvalue weighted by Crippen LogP contribution is -2.17. The normalized spacial score (nSPS) is 17.0. The summed E-state index contributed by atoms with van der Waals surface area (Å²) in [6.07, 6.45) is 3.39. The van der Waals surface area contributed by atoms with Gasteiger partial charge in [-0.05, 0) is 40.0 Å². The molecular formula is C9H18O3. The van der Waals surface area contributed by atoms with Gasteiger partial charge in [0.05, 0.1) is 6.10 Å². The lowest BCUT2D eigenvalue weighted by Gasteiger charge is -2.17. The number of hydrogen-bond acceptors (Lipinski definition) is 3. The largest absolute Gasteiger partial charge is 0.462 e. The maximum absolute atomic E-state index is 9.60. The molecule has 0 amide bonds. The zero-order chi connectivity index (χ0) is 9.61. The van der Waals surface area contributed by atoms with Gasteiger partial charge in [0.1, 0.15) is 5.60 Å². The third-order valence-corrected chi connectivity index (χ3v) is 1.48. The van der Waals surface area contributed by atoms with Crippen molar-refractivity contribution in [2.75, 3.05) is 0 Å². The highest BCUT2D eigenvalue weighted by molar-refractivity contribution is 5.37. The smallest absolute Gasteiger partial charge is 0.293 e. The van der Waals surface area contributed by atoms with Crippen LogP contribution in [0.3, 0.4) is 0 Å². The molecule has 1 aliphatic rings. The van der Waals surface area contributed by atoms with Crippen molar-refractivity contribution in [2.45, 2.75) is 51.7 Å². The minimum Gasteiger partial charge on any atom is -0.462 e. The summed E-state index contributed by atoms with van der Waals surface area (Å²) in [5, 5.41) is 8.45. The van der Waals surface area contributed by atoms with E-state index in [1.165, 1.54) is 6.42 Å². The molecule has 1 fully saturated rings. The van der Waals surface area contributed by atoms with Crippen LogP contribution in [0.25, 0.3) is 0 Å². The molecule has 0 saturated heterocycles. The fourth-order valence-corrected chi connectivity index (χ4v) is 0.531. The number of rotatable bonds is 1. The Morgan fingerprint density at radius 1 is 1.42 bits per heavy atom. The summed E-state index contributed by atoms with van der Waals surface area (Å²) in [6, 6.07) is 0. The van der Waals surface area contributed by atoms with Crippen LogP contribution >= 0.6 is 0 Å². The van der Waals surface area contributed by atoms with Crippen LogP contribution in [-0.2, 0) is 9.53 Å². The molecule has 3 nitrogen and oxygen atoms in total. The molecular weight excluding hydrogens is 156 g/mol. The average molecular weight is 174 g/mol. The van der Waals surface area contributed by atoms with E-state index in [4.69, 9.17) is 5.11 Å². The molecule has 0 radical (unpaired) electrons. The SMILES string of the molecule is CC(C)(C)OC=O.OC1CCC1. The van der Waals surface area contributed by atoms with Crippen LogP contribution in [0.4, 0.5) is 0 Å². The molecule has 0 atom stereocenters. The highest BCUT2D eigenvalue weighted by atomic mass is 16.5. The Kier molecular flexibility index (Phi) is 4.90. The Morgan fingerprint density at radius 2 is 1.83 bits per heavy atom. The van der Waals surface area contributed by atoms with Crippen molar-refractivity contribution >= 4 is 6.47 Å². The van der Waals surface area contributed by atoms with Gasteiger partial charge in [-0.15, -0.1) is 0 Å². The molecule has 0 aromatic heterocycles. The molecule has 1 rings (SSSR count). The van der Waals surface area contributed by atoms with Gasteiger partial charge in [0, 0.05) is 0 Å². The van der Waals surface area contributed by atoms with Crippen molar-refractivity contribution < 1.29 is 14.6 Å². The monoisotopic (exact) mass is 174 g/mol. The zero-order valence-electron chi connectivity index (χ0n) is 8.04. The van der Waals surface area contributed by atoms with Crippen molar-refractivity contribution in [3.63, 3.8) is 0 Å². The summed E-state index contributed by atoms with van der Waals surface area (Å²) in [4.78, 5) is 9.60. The maximum Gasteiger partial charge on any atom is 0.293 e. The van der Waals surface area contributed by atoms with E-state index in [-0.39, 0.29) is 11.7 Å². The summed E-state index contributed by atoms with van der Waals surface area (Å²) in [5.74, 6) is 0. The summed E-state index contributed by atoms with van der Waals surface area (Å²) >= 11 is 0. The van der Waals surface area contributed by atoms with Crippen molar-refractivity contribution in [1.29, 1.82) is 0 Å². The van der Waals surface area contributed by atoms with Gasteiger partial charge in [-0.3, -0.25) is 4.79 Å². The molecule has 3 heteroatoms. The molecule has 0 aromatic rings. The standard InChI is InChI=1S/C5H10O2.C4H8O/c1-5(2,3)7-4-6;5-4-2-1-3-4/h4H,1-3H3;4-5H,1-3H2. The van der Waals surface area contributed by atoms with Crippen LogP contribution in [0.5, 0.6) is 0 Å². The van der Waals surface area contributed by atoms with Crippen molar-refractivity contribution in [1.82, 2.24) is 0 Å². The number of aliphatic hydroxyl groups excluding tert-OH is 1. The molecule has 0 bridgehead atoms. The molecule has 0 heterocycles. The van der Waals surface area contributed by atoms with Gasteiger partial charge in [0.25, 0.3) is 6.47 Å². The van der Waals surface area contributed by atoms with Gasteiger partial charge >= 0.3 is 0 Å². The number of ether oxygens (including phenoxy) is 1. The van der Waals surface area contributed by atoms with Crippen molar-refractivity contribution in [3.8, 4) is 0 Å². The van der Waals surface area contributed by atoms with E-state index in [9.17, 15) is 4.79 Å². The Morgan fingerprint density at radius 3 is 1.83 bits per heavy atom. The number of carbonyl (C=O) groups excluding carboxylic acids is 1. The fourth-order valence-electron chi connectivity index (χ4n) is 0.531. The van der Waals surface area contributed by atoms with E-state index in [1.807, 2.05) is 20.8 Å². The summed E-state index contributed by atoms with van der Waals surface area (Å²) in [5.41, 5.74) is -0.318. The van der Waals surface area contributed by atoms with Crippen LogP contribution in [0.2, 0.25) is 0 Å². The fraction of sp³-hybridized carbons (Fsp3) is 0.889. The van der Waals surface area contributed by atoms with Crippen LogP contribution in [0.1, 0.15) is 40.0 Å². The van der Waals surface area contributed by atoms with Gasteiger partial charge in [0.2, 0.25) is 0 Å². The van der Waals surface area contributed by atoms with Crippen LogP contribution < -0.4 is 0 Å². The highest BCUT2D eigenvalue weighted by Crippen LogP contribution is 2.16. The van der Waals surface area contributed by atoms with Crippen molar-refractivity contribution in [3.05, 3.63) is 0 Å². The Balaban J connectivity index is 0.000000211. The molecule has 1 aliphatic carbocycles. The van der Waals surface area contributed by atoms with E-state index < -0.39 is 0 Å². The second-order valence-electron chi connectivity index (χ2n) is 3.91. The lowest BCUT2D eigenvalue weighted by atomic mass is 9.97. The van der Waals surface area contributed by atoms with Gasteiger partial charge < -0.3 is 9.84 Å². The highest BCUT2D eigenvalue weighted by Gasteiger charge is 2.11. The Bertz CT molecular complexity index is 122. The molecule has 0 aromatic carbocycles. The molecule has 1 saturated carbocycles. The topological polar surface area (TPSA) is 46.5 Å². The number of aliphatic hydroxyl groups is 1. The average Bonchev–Trinajstić information content (AvgIpc) is 1.82. The Labute approximate surface area is 73.7 Å². The van der Waals surface area contributed by atoms with Crippen LogP contribution in [0, 0.1) is 0 Å². The van der Waals surface area contributed by atoms with Crippen LogP contribution in [-0.4, -0.2) is 23.3 Å². The number of carbonyl (C=O) groups is 1. The predicted molar refractivity (Wildman–Crippen MR) is 46.8 cm³/mol. The van der Waals surface area contributed by atoms with Gasteiger partial charge in [-0.2, -0.15) is 0 Å². The van der Waals surface area contributed by atoms with Gasteiger partial charge in [-0.1, -0.05) is 0 Å². The Hall–Kier alpha value is -0.570. The minimum absolute atomic E-state index is 0.0648. The predicted octanol–water partition coefficient (Wildman–Crippen LogP) is 1.49. The third kappa shape index (κ3) is 7.54. The lowest BCUT2D eigenvalue weighted by molar-refractivity contribution is -0.138. The third-order valence-electron chi connectivity index (χ3n) is 1.48. The minimum atomic E-state index is -0.318. The maximum atomic E-state index is 9.60. The van der Waals surface area contributed by atoms with Crippen molar-refractivity contribution in [2.24, 2.45) is 0 Å². The second-order valence-corrected chi connectivity index (χ2v) is 3.91. The first-order valence-electron chi connectivity index (χ1n) is 4.25. The molecule has 72 valence electrons. The number of hydrogen-bond donors (Lipinski definition) is 1. The molecule has 12 heavy (non-hydrogen) atoms. The molecule has 0 unspecified atom stereocenters. The first-order valence-corrected chi connectivity index (χ1v) is 4.25. The zero-order valence-corrected chi connectivity index (χ0v) is 8.04. The quantitative estimate of drug-likeness (QED) is 0.612. The second kappa shape index (κ2) is 5.14.